The van der Waals surface area contributed by atoms with E-state index in [1.165, 1.54) is 0 Å². The van der Waals surface area contributed by atoms with Gasteiger partial charge in [-0.1, -0.05) is 48.8 Å². The van der Waals surface area contributed by atoms with Gasteiger partial charge in [0.25, 0.3) is 0 Å². The first-order valence-electron chi connectivity index (χ1n) is 9.64. The molecule has 0 aliphatic carbocycles. The van der Waals surface area contributed by atoms with Crippen LogP contribution in [0.1, 0.15) is 80.9 Å². The van der Waals surface area contributed by atoms with E-state index in [4.69, 9.17) is 4.74 Å². The zero-order valence-electron chi connectivity index (χ0n) is 18.2. The quantitative estimate of drug-likeness (QED) is 0.335. The van der Waals surface area contributed by atoms with Crippen molar-refractivity contribution in [2.45, 2.75) is 73.1 Å². The van der Waals surface area contributed by atoms with Gasteiger partial charge in [-0.25, -0.2) is 0 Å². The number of ether oxygens (including phenoxy) is 1. The maximum Gasteiger partial charge on any atom is 2.00 e. The van der Waals surface area contributed by atoms with Crippen LogP contribution < -0.4 is 14.9 Å². The number of benzene rings is 1. The molecule has 0 fully saturated rings. The average molecular weight is 413 g/mol. The van der Waals surface area contributed by atoms with Crippen LogP contribution in [0.4, 0.5) is 0 Å². The molecule has 1 aromatic carbocycles. The molecular formula is C23H32CaO4. The number of carbonyl (C=O) groups excluding carboxylic acids is 1. The van der Waals surface area contributed by atoms with Crippen molar-refractivity contribution in [3.05, 3.63) is 45.6 Å². The van der Waals surface area contributed by atoms with E-state index in [0.717, 1.165) is 36.0 Å². The Morgan fingerprint density at radius 1 is 0.964 bits per heavy atom. The van der Waals surface area contributed by atoms with Gasteiger partial charge in [0.1, 0.15) is 5.75 Å². The van der Waals surface area contributed by atoms with Crippen LogP contribution in [0, 0.1) is 0 Å². The molecule has 0 bridgehead atoms. The molecule has 0 aliphatic heterocycles. The van der Waals surface area contributed by atoms with Crippen molar-refractivity contribution < 1.29 is 19.7 Å². The van der Waals surface area contributed by atoms with Gasteiger partial charge in [-0.2, -0.15) is 0 Å². The second kappa shape index (κ2) is 13.3. The molecule has 1 rings (SSSR count). The number of carboxylic acid groups (broad SMARTS) is 1. The van der Waals surface area contributed by atoms with Crippen molar-refractivity contribution >= 4 is 43.7 Å². The molecule has 1 aromatic rings. The summed E-state index contributed by atoms with van der Waals surface area (Å²) in [4.78, 5) is 11.9. The average Bonchev–Trinajstić information content (AvgIpc) is 2.58. The van der Waals surface area contributed by atoms with Gasteiger partial charge in [0.15, 0.2) is 0 Å². The molecule has 150 valence electrons. The van der Waals surface area contributed by atoms with Crippen LogP contribution in [0.2, 0.25) is 0 Å². The molecule has 0 amide bonds. The maximum absolute atomic E-state index is 13.0. The first-order chi connectivity index (χ1) is 12.7. The number of rotatable bonds is 10. The Balaban J connectivity index is 0.00000729. The number of carbonyl (C=O) groups is 1. The fourth-order valence-corrected chi connectivity index (χ4v) is 3.16. The van der Waals surface area contributed by atoms with E-state index in [2.05, 4.69) is 6.92 Å². The number of aromatic carboxylic acids is 1. The van der Waals surface area contributed by atoms with Crippen LogP contribution in [-0.2, 0) is 19.3 Å². The summed E-state index contributed by atoms with van der Waals surface area (Å²) in [5.74, 6) is -1.35. The standard InChI is InChI=1S/C23H34O4.Ca/c1-7-8-9-10-17-18(13-11-15(2)3)22(27-6)19(14-12-16(4)5)21(24)20(17)23(25)26;/h11-12,24H,7-10,13-14H2,1-6H3,(H,25,26);/q;+2/p-2. The molecule has 0 heterocycles. The molecule has 0 radical (unpaired) electrons. The minimum atomic E-state index is -1.40. The van der Waals surface area contributed by atoms with Gasteiger partial charge < -0.3 is 19.7 Å². The Morgan fingerprint density at radius 3 is 1.93 bits per heavy atom. The smallest absolute Gasteiger partial charge is 0.872 e. The van der Waals surface area contributed by atoms with Gasteiger partial charge in [-0.3, -0.25) is 0 Å². The molecule has 4 nitrogen and oxygen atoms in total. The van der Waals surface area contributed by atoms with Crippen LogP contribution in [-0.4, -0.2) is 50.8 Å². The summed E-state index contributed by atoms with van der Waals surface area (Å²) >= 11 is 0. The largest absolute Gasteiger partial charge is 2.00 e. The van der Waals surface area contributed by atoms with Crippen molar-refractivity contribution in [3.63, 3.8) is 0 Å². The Bertz CT molecular complexity index is 725. The number of hydrogen-bond acceptors (Lipinski definition) is 4. The van der Waals surface area contributed by atoms with E-state index in [9.17, 15) is 15.0 Å². The third-order valence-electron chi connectivity index (χ3n) is 4.58. The molecule has 0 spiro atoms. The van der Waals surface area contributed by atoms with Gasteiger partial charge in [-0.05, 0) is 70.1 Å². The minimum Gasteiger partial charge on any atom is -0.872 e. The molecule has 0 unspecified atom stereocenters. The van der Waals surface area contributed by atoms with Gasteiger partial charge >= 0.3 is 37.7 Å². The Hall–Kier alpha value is -0.970. The SMILES string of the molecule is CCCCCc1c(CC=C(C)C)c(OC)c(CC=C(C)C)c([O-])c1C(=O)[O-].[Ca+2]. The molecule has 0 atom stereocenters. The Kier molecular flexibility index (Phi) is 12.8. The normalized spacial score (nSPS) is 10.1. The number of methoxy groups -OCH3 is 1. The van der Waals surface area contributed by atoms with Gasteiger partial charge in [0.05, 0.1) is 13.1 Å². The van der Waals surface area contributed by atoms with E-state index < -0.39 is 11.7 Å². The molecule has 0 aliphatic rings. The Labute approximate surface area is 199 Å². The topological polar surface area (TPSA) is 72.4 Å². The van der Waals surface area contributed by atoms with Gasteiger partial charge in [0, 0.05) is 5.56 Å². The molecule has 0 saturated carbocycles. The zero-order chi connectivity index (χ0) is 20.6. The van der Waals surface area contributed by atoms with Crippen LogP contribution in [0.25, 0.3) is 0 Å². The van der Waals surface area contributed by atoms with E-state index in [1.54, 1.807) is 7.11 Å². The van der Waals surface area contributed by atoms with Gasteiger partial charge in [-0.15, -0.1) is 0 Å². The van der Waals surface area contributed by atoms with Crippen LogP contribution in [0.3, 0.4) is 0 Å². The van der Waals surface area contributed by atoms with E-state index in [1.807, 2.05) is 39.8 Å². The van der Waals surface area contributed by atoms with Crippen LogP contribution in [0.15, 0.2) is 23.3 Å². The Morgan fingerprint density at radius 2 is 1.50 bits per heavy atom. The molecule has 5 heteroatoms. The van der Waals surface area contributed by atoms with Crippen molar-refractivity contribution in [2.75, 3.05) is 7.11 Å². The first kappa shape index (κ1) is 27.0. The monoisotopic (exact) mass is 412 g/mol. The van der Waals surface area contributed by atoms with E-state index >= 15 is 0 Å². The fraction of sp³-hybridized carbons (Fsp3) is 0.522. The summed E-state index contributed by atoms with van der Waals surface area (Å²) in [7, 11) is 1.54. The minimum absolute atomic E-state index is 0. The van der Waals surface area contributed by atoms with Crippen molar-refractivity contribution in [1.29, 1.82) is 0 Å². The van der Waals surface area contributed by atoms with Crippen LogP contribution in [0.5, 0.6) is 11.5 Å². The van der Waals surface area contributed by atoms with Crippen LogP contribution >= 0.6 is 0 Å². The fourth-order valence-electron chi connectivity index (χ4n) is 3.16. The van der Waals surface area contributed by atoms with E-state index in [-0.39, 0.29) is 43.3 Å². The third-order valence-corrected chi connectivity index (χ3v) is 4.58. The van der Waals surface area contributed by atoms with Crippen molar-refractivity contribution in [2.24, 2.45) is 0 Å². The number of allylic oxidation sites excluding steroid dienone is 4. The molecule has 0 aromatic heterocycles. The predicted molar refractivity (Wildman–Crippen MR) is 112 cm³/mol. The summed E-state index contributed by atoms with van der Waals surface area (Å²) in [6.45, 7) is 9.97. The first-order valence-corrected chi connectivity index (χ1v) is 9.64. The maximum atomic E-state index is 13.0. The summed E-state index contributed by atoms with van der Waals surface area (Å²) in [5, 5.41) is 24.9. The molecule has 0 N–H and O–H groups in total. The predicted octanol–water partition coefficient (Wildman–Crippen LogP) is 3.50. The summed E-state index contributed by atoms with van der Waals surface area (Å²) in [6.07, 6.45) is 8.20. The summed E-state index contributed by atoms with van der Waals surface area (Å²) < 4.78 is 5.63. The van der Waals surface area contributed by atoms with Crippen molar-refractivity contribution in [1.82, 2.24) is 0 Å². The number of carboxylic acids is 1. The van der Waals surface area contributed by atoms with Crippen molar-refractivity contribution in [3.8, 4) is 11.5 Å². The van der Waals surface area contributed by atoms with Gasteiger partial charge in [0.2, 0.25) is 0 Å². The number of hydrogen-bond donors (Lipinski definition) is 0. The molecular weight excluding hydrogens is 380 g/mol. The number of unbranched alkanes of at least 4 members (excludes halogenated alkanes) is 2. The van der Waals surface area contributed by atoms with E-state index in [0.29, 0.717) is 36.1 Å². The molecule has 0 saturated heterocycles. The summed E-state index contributed by atoms with van der Waals surface area (Å²) in [5.41, 5.74) is 3.76. The third kappa shape index (κ3) is 7.46. The zero-order valence-corrected chi connectivity index (χ0v) is 20.4. The molecule has 28 heavy (non-hydrogen) atoms. The summed E-state index contributed by atoms with van der Waals surface area (Å²) in [6, 6.07) is 0. The second-order valence-electron chi connectivity index (χ2n) is 7.39. The second-order valence-corrected chi connectivity index (χ2v) is 7.39.